The molecule has 0 saturated carbocycles. The molecule has 1 aromatic heterocycles. The summed E-state index contributed by atoms with van der Waals surface area (Å²) in [4.78, 5) is 44.8. The molecule has 0 radical (unpaired) electrons. The second-order valence-electron chi connectivity index (χ2n) is 9.10. The van der Waals surface area contributed by atoms with Crippen LogP contribution in [0.15, 0.2) is 46.9 Å². The largest absolute Gasteiger partial charge is 0.475 e. The highest BCUT2D eigenvalue weighted by atomic mass is 79.9. The van der Waals surface area contributed by atoms with E-state index in [1.54, 1.807) is 26.8 Å². The zero-order valence-corrected chi connectivity index (χ0v) is 22.3. The fourth-order valence-electron chi connectivity index (χ4n) is 3.45. The average molecular weight is 564 g/mol. The normalized spacial score (nSPS) is 15.8. The van der Waals surface area contributed by atoms with Crippen molar-refractivity contribution in [2.45, 2.75) is 39.0 Å². The van der Waals surface area contributed by atoms with Crippen LogP contribution < -0.4 is 4.74 Å². The first-order chi connectivity index (χ1) is 17.1. The summed E-state index contributed by atoms with van der Waals surface area (Å²) in [5.41, 5.74) is 0.266. The number of benzene rings is 1. The summed E-state index contributed by atoms with van der Waals surface area (Å²) >= 11 is 3.36. The van der Waals surface area contributed by atoms with Gasteiger partial charge in [0.05, 0.1) is 17.6 Å². The molecule has 0 bridgehead atoms. The molecule has 2 amide bonds. The van der Waals surface area contributed by atoms with E-state index in [1.807, 2.05) is 30.3 Å². The van der Waals surface area contributed by atoms with Gasteiger partial charge in [-0.05, 0) is 54.4 Å². The third kappa shape index (κ3) is 7.58. The van der Waals surface area contributed by atoms with Crippen LogP contribution >= 0.6 is 15.9 Å². The number of aromatic nitrogens is 1. The van der Waals surface area contributed by atoms with Gasteiger partial charge in [0.25, 0.3) is 0 Å². The Balaban J connectivity index is 1.72. The molecule has 1 aromatic carbocycles. The molecule has 0 spiro atoms. The van der Waals surface area contributed by atoms with Crippen molar-refractivity contribution in [2.24, 2.45) is 0 Å². The topological polar surface area (TPSA) is 108 Å². The third-order valence-electron chi connectivity index (χ3n) is 5.19. The summed E-state index contributed by atoms with van der Waals surface area (Å²) in [5.74, 6) is -0.446. The molecule has 11 heteroatoms. The van der Waals surface area contributed by atoms with Crippen molar-refractivity contribution < 1.29 is 33.3 Å². The van der Waals surface area contributed by atoms with Crippen molar-refractivity contribution in [1.29, 1.82) is 0 Å². The standard InChI is InChI=1S/C25H30BrN3O7/c1-25(2,3)36-24(32)29-13-12-28(23(31)35-15-17-8-6-5-7-9-17)14-18(29)16-34-21-19(26)10-11-20(27-21)22(30)33-4/h5-11,18H,12-16H2,1-4H3/t18-/m0/s1. The maximum atomic E-state index is 12.9. The van der Waals surface area contributed by atoms with Gasteiger partial charge in [0.2, 0.25) is 5.88 Å². The molecule has 1 aliphatic heterocycles. The minimum absolute atomic E-state index is 0.00205. The smallest absolute Gasteiger partial charge is 0.410 e. The minimum atomic E-state index is -0.687. The van der Waals surface area contributed by atoms with Gasteiger partial charge in [-0.25, -0.2) is 19.4 Å². The Bertz CT molecular complexity index is 1080. The van der Waals surface area contributed by atoms with E-state index in [2.05, 4.69) is 20.9 Å². The third-order valence-corrected chi connectivity index (χ3v) is 5.80. The number of nitrogens with zero attached hydrogens (tertiary/aromatic N) is 3. The maximum absolute atomic E-state index is 12.9. The van der Waals surface area contributed by atoms with Crippen LogP contribution in [-0.2, 0) is 20.8 Å². The molecule has 1 aliphatic rings. The predicted octanol–water partition coefficient (Wildman–Crippen LogP) is 4.27. The lowest BCUT2D eigenvalue weighted by atomic mass is 10.2. The second-order valence-corrected chi connectivity index (χ2v) is 9.95. The molecule has 0 unspecified atom stereocenters. The lowest BCUT2D eigenvalue weighted by molar-refractivity contribution is -0.0109. The highest BCUT2D eigenvalue weighted by Crippen LogP contribution is 2.24. The molecule has 2 aromatic rings. The van der Waals surface area contributed by atoms with Gasteiger partial charge >= 0.3 is 18.2 Å². The number of methoxy groups -OCH3 is 1. The molecule has 1 saturated heterocycles. The Morgan fingerprint density at radius 2 is 1.78 bits per heavy atom. The van der Waals surface area contributed by atoms with Crippen molar-refractivity contribution in [3.05, 3.63) is 58.2 Å². The lowest BCUT2D eigenvalue weighted by Gasteiger charge is -2.40. The molecule has 194 valence electrons. The summed E-state index contributed by atoms with van der Waals surface area (Å²) in [6, 6.07) is 12.0. The number of ether oxygens (including phenoxy) is 4. The van der Waals surface area contributed by atoms with Gasteiger partial charge in [-0.1, -0.05) is 30.3 Å². The zero-order chi connectivity index (χ0) is 26.3. The summed E-state index contributed by atoms with van der Waals surface area (Å²) in [7, 11) is 1.26. The van der Waals surface area contributed by atoms with E-state index in [-0.39, 0.29) is 44.4 Å². The van der Waals surface area contributed by atoms with Gasteiger partial charge in [0.15, 0.2) is 5.69 Å². The van der Waals surface area contributed by atoms with Crippen LogP contribution in [0.1, 0.15) is 36.8 Å². The minimum Gasteiger partial charge on any atom is -0.475 e. The molecule has 3 rings (SSSR count). The van der Waals surface area contributed by atoms with E-state index in [4.69, 9.17) is 18.9 Å². The Labute approximate surface area is 218 Å². The lowest BCUT2D eigenvalue weighted by Crippen LogP contribution is -2.59. The van der Waals surface area contributed by atoms with Crippen molar-refractivity contribution in [3.8, 4) is 5.88 Å². The summed E-state index contributed by atoms with van der Waals surface area (Å²) < 4.78 is 22.2. The maximum Gasteiger partial charge on any atom is 0.410 e. The number of esters is 1. The van der Waals surface area contributed by atoms with Gasteiger partial charge in [0, 0.05) is 19.6 Å². The van der Waals surface area contributed by atoms with E-state index in [0.717, 1.165) is 5.56 Å². The predicted molar refractivity (Wildman–Crippen MR) is 134 cm³/mol. The summed E-state index contributed by atoms with van der Waals surface area (Å²) in [5, 5.41) is 0. The monoisotopic (exact) mass is 563 g/mol. The van der Waals surface area contributed by atoms with E-state index >= 15 is 0 Å². The van der Waals surface area contributed by atoms with Crippen LogP contribution in [0.5, 0.6) is 5.88 Å². The quantitative estimate of drug-likeness (QED) is 0.378. The van der Waals surface area contributed by atoms with Crippen molar-refractivity contribution >= 4 is 34.1 Å². The van der Waals surface area contributed by atoms with Crippen LogP contribution in [0.2, 0.25) is 0 Å². The molecule has 1 atom stereocenters. The SMILES string of the molecule is COC(=O)c1ccc(Br)c(OC[C@@H]2CN(C(=O)OCc3ccccc3)CCN2C(=O)OC(C)(C)C)n1. The fraction of sp³-hybridized carbons (Fsp3) is 0.440. The van der Waals surface area contributed by atoms with Crippen molar-refractivity contribution in [3.63, 3.8) is 0 Å². The first-order valence-electron chi connectivity index (χ1n) is 11.4. The molecule has 0 aliphatic carbocycles. The first kappa shape index (κ1) is 27.3. The van der Waals surface area contributed by atoms with E-state index in [9.17, 15) is 14.4 Å². The van der Waals surface area contributed by atoms with E-state index < -0.39 is 29.8 Å². The Hall–Kier alpha value is -3.34. The Kier molecular flexibility index (Phi) is 9.14. The Morgan fingerprint density at radius 3 is 2.44 bits per heavy atom. The molecule has 36 heavy (non-hydrogen) atoms. The highest BCUT2D eigenvalue weighted by Gasteiger charge is 2.36. The summed E-state index contributed by atoms with van der Waals surface area (Å²) in [6.07, 6.45) is -0.997. The number of amides is 2. The Morgan fingerprint density at radius 1 is 1.06 bits per heavy atom. The molecular weight excluding hydrogens is 534 g/mol. The number of rotatable bonds is 6. The van der Waals surface area contributed by atoms with Gasteiger partial charge in [-0.2, -0.15) is 0 Å². The number of pyridine rings is 1. The van der Waals surface area contributed by atoms with Crippen LogP contribution in [0.4, 0.5) is 9.59 Å². The molecule has 1 fully saturated rings. The highest BCUT2D eigenvalue weighted by molar-refractivity contribution is 9.10. The zero-order valence-electron chi connectivity index (χ0n) is 20.7. The summed E-state index contributed by atoms with van der Waals surface area (Å²) in [6.45, 7) is 6.18. The number of carbonyl (C=O) groups is 3. The van der Waals surface area contributed by atoms with Crippen LogP contribution in [0, 0.1) is 0 Å². The second kappa shape index (κ2) is 12.1. The van der Waals surface area contributed by atoms with E-state index in [1.165, 1.54) is 23.0 Å². The van der Waals surface area contributed by atoms with Crippen molar-refractivity contribution in [1.82, 2.24) is 14.8 Å². The van der Waals surface area contributed by atoms with E-state index in [0.29, 0.717) is 4.47 Å². The van der Waals surface area contributed by atoms with Crippen molar-refractivity contribution in [2.75, 3.05) is 33.4 Å². The van der Waals surface area contributed by atoms with Crippen LogP contribution in [0.3, 0.4) is 0 Å². The van der Waals surface area contributed by atoms with Crippen LogP contribution in [-0.4, -0.2) is 77.9 Å². The average Bonchev–Trinajstić information content (AvgIpc) is 2.85. The number of hydrogen-bond acceptors (Lipinski definition) is 8. The molecule has 2 heterocycles. The van der Waals surface area contributed by atoms with Gasteiger partial charge < -0.3 is 23.8 Å². The number of halogens is 1. The van der Waals surface area contributed by atoms with Gasteiger partial charge in [0.1, 0.15) is 18.8 Å². The van der Waals surface area contributed by atoms with Gasteiger partial charge in [-0.15, -0.1) is 0 Å². The first-order valence-corrected chi connectivity index (χ1v) is 12.2. The molecule has 10 nitrogen and oxygen atoms in total. The fourth-order valence-corrected chi connectivity index (χ4v) is 3.79. The van der Waals surface area contributed by atoms with Crippen LogP contribution in [0.25, 0.3) is 0 Å². The molecule has 0 N–H and O–H groups in total. The number of carbonyl (C=O) groups excluding carboxylic acids is 3. The molecular formula is C25H30BrN3O7. The number of piperazine rings is 1. The number of hydrogen-bond donors (Lipinski definition) is 0. The van der Waals surface area contributed by atoms with Gasteiger partial charge in [-0.3, -0.25) is 4.90 Å².